The number of anilines is 1. The van der Waals surface area contributed by atoms with Crippen molar-refractivity contribution < 1.29 is 9.18 Å². The van der Waals surface area contributed by atoms with Crippen LogP contribution >= 0.6 is 0 Å². The Morgan fingerprint density at radius 3 is 2.86 bits per heavy atom. The molecule has 5 heteroatoms. The number of carbonyl (C=O) groups excluding carboxylic acids is 1. The molecule has 0 aliphatic heterocycles. The van der Waals surface area contributed by atoms with Crippen LogP contribution in [-0.2, 0) is 0 Å². The number of amides is 1. The van der Waals surface area contributed by atoms with Crippen molar-refractivity contribution in [1.82, 2.24) is 9.88 Å². The van der Waals surface area contributed by atoms with Gasteiger partial charge in [-0.1, -0.05) is 12.1 Å². The van der Waals surface area contributed by atoms with Gasteiger partial charge in [0, 0.05) is 12.2 Å². The highest BCUT2D eigenvalue weighted by atomic mass is 19.1. The van der Waals surface area contributed by atoms with E-state index in [1.807, 2.05) is 11.5 Å². The van der Waals surface area contributed by atoms with Crippen LogP contribution < -0.4 is 11.1 Å². The molecule has 1 heterocycles. The van der Waals surface area contributed by atoms with Gasteiger partial charge in [-0.2, -0.15) is 0 Å². The van der Waals surface area contributed by atoms with E-state index >= 15 is 0 Å². The molecular formula is C16H18FN3O. The summed E-state index contributed by atoms with van der Waals surface area (Å²) in [4.78, 5) is 12.4. The number of nitrogen functional groups attached to an aromatic ring is 1. The molecule has 0 saturated heterocycles. The quantitative estimate of drug-likeness (QED) is 0.908. The molecule has 1 aliphatic rings. The molecular weight excluding hydrogens is 269 g/mol. The van der Waals surface area contributed by atoms with Crippen molar-refractivity contribution in [1.29, 1.82) is 0 Å². The van der Waals surface area contributed by atoms with Crippen LogP contribution in [0.15, 0.2) is 36.5 Å². The van der Waals surface area contributed by atoms with Gasteiger partial charge in [-0.15, -0.1) is 0 Å². The van der Waals surface area contributed by atoms with Gasteiger partial charge < -0.3 is 15.6 Å². The summed E-state index contributed by atoms with van der Waals surface area (Å²) in [6.07, 6.45) is 3.96. The van der Waals surface area contributed by atoms with Crippen LogP contribution in [0.3, 0.4) is 0 Å². The summed E-state index contributed by atoms with van der Waals surface area (Å²) in [5, 5.41) is 2.89. The topological polar surface area (TPSA) is 60.1 Å². The van der Waals surface area contributed by atoms with Crippen LogP contribution in [0.5, 0.6) is 0 Å². The number of halogens is 1. The first-order valence-electron chi connectivity index (χ1n) is 7.08. The average molecular weight is 287 g/mol. The smallest absolute Gasteiger partial charge is 0.268 e. The van der Waals surface area contributed by atoms with E-state index in [-0.39, 0.29) is 17.8 Å². The number of nitrogens with one attached hydrogen (secondary N) is 1. The number of hydrogen-bond acceptors (Lipinski definition) is 2. The molecule has 0 bridgehead atoms. The second kappa shape index (κ2) is 5.24. The fraction of sp³-hybridized carbons (Fsp3) is 0.312. The van der Waals surface area contributed by atoms with Crippen molar-refractivity contribution in [2.45, 2.75) is 31.8 Å². The zero-order chi connectivity index (χ0) is 15.0. The molecule has 3 N–H and O–H groups in total. The molecule has 21 heavy (non-hydrogen) atoms. The zero-order valence-electron chi connectivity index (χ0n) is 11.8. The summed E-state index contributed by atoms with van der Waals surface area (Å²) in [6.45, 7) is 1.83. The van der Waals surface area contributed by atoms with Crippen molar-refractivity contribution in [2.75, 3.05) is 5.73 Å². The molecule has 2 aromatic rings. The Labute approximate surface area is 122 Å². The molecule has 110 valence electrons. The van der Waals surface area contributed by atoms with E-state index in [1.54, 1.807) is 24.4 Å². The number of benzene rings is 1. The van der Waals surface area contributed by atoms with Crippen molar-refractivity contribution in [3.8, 4) is 0 Å². The lowest BCUT2D eigenvalue weighted by Gasteiger charge is -2.15. The minimum atomic E-state index is -0.306. The molecule has 1 unspecified atom stereocenters. The molecule has 0 spiro atoms. The summed E-state index contributed by atoms with van der Waals surface area (Å²) in [5.41, 5.74) is 7.69. The maximum absolute atomic E-state index is 13.2. The van der Waals surface area contributed by atoms with Crippen LogP contribution in [0.25, 0.3) is 0 Å². The lowest BCUT2D eigenvalue weighted by molar-refractivity contribution is 0.0930. The van der Waals surface area contributed by atoms with Crippen LogP contribution in [0.4, 0.5) is 10.1 Å². The lowest BCUT2D eigenvalue weighted by atomic mass is 10.1. The molecule has 1 fully saturated rings. The van der Waals surface area contributed by atoms with E-state index in [0.29, 0.717) is 17.4 Å². The molecule has 1 aromatic carbocycles. The molecule has 1 aliphatic carbocycles. The second-order valence-corrected chi connectivity index (χ2v) is 5.55. The van der Waals surface area contributed by atoms with E-state index in [1.165, 1.54) is 12.1 Å². The first-order valence-corrected chi connectivity index (χ1v) is 7.08. The van der Waals surface area contributed by atoms with Crippen LogP contribution in [-0.4, -0.2) is 10.5 Å². The lowest BCUT2D eigenvalue weighted by Crippen LogP contribution is -2.28. The third kappa shape index (κ3) is 2.91. The number of rotatable bonds is 4. The van der Waals surface area contributed by atoms with E-state index in [0.717, 1.165) is 18.4 Å². The van der Waals surface area contributed by atoms with Crippen LogP contribution in [0.1, 0.15) is 47.9 Å². The molecule has 4 nitrogen and oxygen atoms in total. The maximum Gasteiger partial charge on any atom is 0.268 e. The van der Waals surface area contributed by atoms with Gasteiger partial charge in [0.2, 0.25) is 0 Å². The van der Waals surface area contributed by atoms with Crippen LogP contribution in [0, 0.1) is 5.82 Å². The van der Waals surface area contributed by atoms with Gasteiger partial charge in [0.25, 0.3) is 5.91 Å². The number of hydrogen-bond donors (Lipinski definition) is 2. The summed E-state index contributed by atoms with van der Waals surface area (Å²) < 4.78 is 15.2. The SMILES string of the molecule is CC(NC(=O)c1cc(N)cn1C1CC1)c1cccc(F)c1. The van der Waals surface area contributed by atoms with Gasteiger partial charge in [0.05, 0.1) is 11.7 Å². The molecule has 3 rings (SSSR count). The van der Waals surface area contributed by atoms with Gasteiger partial charge in [-0.05, 0) is 43.5 Å². The molecule has 1 aromatic heterocycles. The molecule has 1 saturated carbocycles. The van der Waals surface area contributed by atoms with E-state index in [2.05, 4.69) is 5.32 Å². The fourth-order valence-corrected chi connectivity index (χ4v) is 2.47. The van der Waals surface area contributed by atoms with Gasteiger partial charge in [0.15, 0.2) is 0 Å². The Hall–Kier alpha value is -2.30. The number of nitrogens with two attached hydrogens (primary N) is 1. The van der Waals surface area contributed by atoms with E-state index < -0.39 is 0 Å². The number of nitrogens with zero attached hydrogens (tertiary/aromatic N) is 1. The van der Waals surface area contributed by atoms with Crippen molar-refractivity contribution in [2.24, 2.45) is 0 Å². The Morgan fingerprint density at radius 2 is 2.19 bits per heavy atom. The molecule has 1 atom stereocenters. The van der Waals surface area contributed by atoms with Crippen molar-refractivity contribution >= 4 is 11.6 Å². The summed E-state index contributed by atoms with van der Waals surface area (Å²) in [7, 11) is 0. The number of carbonyl (C=O) groups is 1. The predicted molar refractivity (Wildman–Crippen MR) is 79.4 cm³/mol. The Kier molecular flexibility index (Phi) is 3.41. The van der Waals surface area contributed by atoms with Crippen LogP contribution in [0.2, 0.25) is 0 Å². The van der Waals surface area contributed by atoms with E-state index in [4.69, 9.17) is 5.73 Å². The highest BCUT2D eigenvalue weighted by Crippen LogP contribution is 2.37. The Morgan fingerprint density at radius 1 is 1.43 bits per heavy atom. The second-order valence-electron chi connectivity index (χ2n) is 5.55. The highest BCUT2D eigenvalue weighted by molar-refractivity contribution is 5.94. The molecule has 0 radical (unpaired) electrons. The zero-order valence-corrected chi connectivity index (χ0v) is 11.8. The fourth-order valence-electron chi connectivity index (χ4n) is 2.47. The standard InChI is InChI=1S/C16H18FN3O/c1-10(11-3-2-4-12(17)7-11)19-16(21)15-8-13(18)9-20(15)14-5-6-14/h2-4,7-10,14H,5-6,18H2,1H3,(H,19,21). The van der Waals surface area contributed by atoms with Gasteiger partial charge in [-0.3, -0.25) is 4.79 Å². The summed E-state index contributed by atoms with van der Waals surface area (Å²) >= 11 is 0. The van der Waals surface area contributed by atoms with Gasteiger partial charge >= 0.3 is 0 Å². The Bertz CT molecular complexity index is 676. The van der Waals surface area contributed by atoms with Gasteiger partial charge in [-0.25, -0.2) is 4.39 Å². The van der Waals surface area contributed by atoms with Crippen molar-refractivity contribution in [3.05, 3.63) is 53.6 Å². The Balaban J connectivity index is 1.77. The number of aromatic nitrogens is 1. The third-order valence-corrected chi connectivity index (χ3v) is 3.74. The largest absolute Gasteiger partial charge is 0.397 e. The first-order chi connectivity index (χ1) is 10.0. The minimum absolute atomic E-state index is 0.185. The first kappa shape index (κ1) is 13.7. The van der Waals surface area contributed by atoms with E-state index in [9.17, 15) is 9.18 Å². The monoisotopic (exact) mass is 287 g/mol. The summed E-state index contributed by atoms with van der Waals surface area (Å²) in [5.74, 6) is -0.491. The minimum Gasteiger partial charge on any atom is -0.397 e. The van der Waals surface area contributed by atoms with Gasteiger partial charge in [0.1, 0.15) is 11.5 Å². The normalized spacial score (nSPS) is 15.7. The maximum atomic E-state index is 13.2. The molecule has 1 amide bonds. The predicted octanol–water partition coefficient (Wildman–Crippen LogP) is 3.04. The van der Waals surface area contributed by atoms with Crippen molar-refractivity contribution in [3.63, 3.8) is 0 Å². The third-order valence-electron chi connectivity index (χ3n) is 3.74. The average Bonchev–Trinajstić information content (AvgIpc) is 3.21. The highest BCUT2D eigenvalue weighted by Gasteiger charge is 2.28. The summed E-state index contributed by atoms with van der Waals surface area (Å²) in [6, 6.07) is 8.05.